The van der Waals surface area contributed by atoms with Gasteiger partial charge >= 0.3 is 0 Å². The van der Waals surface area contributed by atoms with E-state index in [1.165, 1.54) is 54.0 Å². The number of aliphatic imine (C=N–C) groups is 1. The average Bonchev–Trinajstić information content (AvgIpc) is 3.97. The van der Waals surface area contributed by atoms with Crippen molar-refractivity contribution in [2.24, 2.45) is 22.4 Å². The number of amides is 8. The number of nitrogens with two attached hydrogens (primary N) is 2. The summed E-state index contributed by atoms with van der Waals surface area (Å²) in [5.74, 6) is -5.31. The fourth-order valence-electron chi connectivity index (χ4n) is 7.33. The molecule has 0 radical (unpaired) electrons. The number of thiophene rings is 1. The molecule has 2 fully saturated rings. The fraction of sp³-hybridized carbons (Fsp3) is 0.558. The number of phenolic OH excluding ortho intramolecular Hbond substituents is 1. The molecular weight excluding hydrogens is 879 g/mol. The summed E-state index contributed by atoms with van der Waals surface area (Å²) in [6.45, 7) is 6.86. The number of nitrogens with zero attached hydrogens (tertiary/aromatic N) is 3. The molecule has 2 saturated heterocycles. The first-order valence-corrected chi connectivity index (χ1v) is 23.8. The van der Waals surface area contributed by atoms with E-state index in [0.29, 0.717) is 50.1 Å². The van der Waals surface area contributed by atoms with Gasteiger partial charge in [-0.3, -0.25) is 48.8 Å². The van der Waals surface area contributed by atoms with Crippen LogP contribution in [0.3, 0.4) is 0 Å². The van der Waals surface area contributed by atoms with Crippen LogP contribution in [0.1, 0.15) is 76.7 Å². The monoisotopic (exact) mass is 941 g/mol. The SMILES string of the molecule is CC(=O)NN1C(=O)[C@H](C)NC(=O)[C@@H](C(C)C)NC(=O)[C@H](Cc2cccs2)NC(=O)[C@H](Cc2ccc(O)cc2)NC(=O)CCCSC[C@H]1C(=O)N1CCC[C@H]1C(=O)NCCCCN=C(N)N. The van der Waals surface area contributed by atoms with Gasteiger partial charge in [0.25, 0.3) is 5.91 Å². The molecule has 20 nitrogen and oxygen atoms in total. The summed E-state index contributed by atoms with van der Waals surface area (Å²) in [5, 5.41) is 26.4. The summed E-state index contributed by atoms with van der Waals surface area (Å²) in [6, 6.07) is 2.68. The molecule has 1 aromatic carbocycles. The highest BCUT2D eigenvalue weighted by Gasteiger charge is 2.42. The van der Waals surface area contributed by atoms with Crippen molar-refractivity contribution in [3.63, 3.8) is 0 Å². The number of rotatable bonds is 13. The molecule has 0 unspecified atom stereocenters. The van der Waals surface area contributed by atoms with Gasteiger partial charge < -0.3 is 48.1 Å². The third kappa shape index (κ3) is 16.2. The van der Waals surface area contributed by atoms with Gasteiger partial charge in [-0.25, -0.2) is 5.01 Å². The van der Waals surface area contributed by atoms with E-state index in [9.17, 15) is 43.5 Å². The molecule has 2 aliphatic heterocycles. The Balaban J connectivity index is 1.65. The van der Waals surface area contributed by atoms with Crippen LogP contribution < -0.4 is 43.5 Å². The molecule has 0 spiro atoms. The number of nitrogens with one attached hydrogen (secondary N) is 6. The molecule has 0 aliphatic carbocycles. The number of phenols is 1. The lowest BCUT2D eigenvalue weighted by molar-refractivity contribution is -0.154. The van der Waals surface area contributed by atoms with E-state index in [4.69, 9.17) is 11.5 Å². The smallest absolute Gasteiger partial charge is 0.264 e. The number of hydrazine groups is 1. The molecule has 0 bridgehead atoms. The van der Waals surface area contributed by atoms with Gasteiger partial charge in [-0.15, -0.1) is 11.3 Å². The maximum Gasteiger partial charge on any atom is 0.264 e. The Morgan fingerprint density at radius 1 is 0.908 bits per heavy atom. The van der Waals surface area contributed by atoms with E-state index in [-0.39, 0.29) is 55.6 Å². The molecule has 0 saturated carbocycles. The molecule has 22 heteroatoms. The Morgan fingerprint density at radius 3 is 2.28 bits per heavy atom. The second-order valence-electron chi connectivity index (χ2n) is 16.4. The Morgan fingerprint density at radius 2 is 1.62 bits per heavy atom. The molecule has 356 valence electrons. The first kappa shape index (κ1) is 51.7. The third-order valence-corrected chi connectivity index (χ3v) is 12.7. The molecule has 2 aromatic rings. The van der Waals surface area contributed by atoms with E-state index in [1.54, 1.807) is 38.1 Å². The second kappa shape index (κ2) is 25.6. The maximum absolute atomic E-state index is 14.6. The van der Waals surface area contributed by atoms with Crippen molar-refractivity contribution in [1.29, 1.82) is 0 Å². The van der Waals surface area contributed by atoms with Crippen LogP contribution in [0, 0.1) is 5.92 Å². The number of carbonyl (C=O) groups is 8. The standard InChI is InChI=1S/C43H63N11O9S2/c1-25(2)36-40(61)48-26(3)41(62)54(52-27(4)55)34(42(63)53-19-7-11-33(53)39(60)46-17-5-6-18-47-43(44)45)24-64-20-9-12-35(57)49-31(22-28-13-15-29(56)16-14-28)37(58)50-32(38(59)51-36)23-30-10-8-21-65-30/h8,10,13-16,21,25-26,31-34,36,56H,5-7,9,11-12,17-20,22-24H2,1-4H3,(H,46,60)(H,48,61)(H,49,57)(H,50,58)(H,51,59)(H,52,55)(H4,44,45,47)/t26-,31-,32-,33-,34-,36+/m0/s1. The first-order chi connectivity index (χ1) is 30.9. The third-order valence-electron chi connectivity index (χ3n) is 10.7. The summed E-state index contributed by atoms with van der Waals surface area (Å²) in [6.07, 6.45) is 2.41. The number of benzene rings is 1. The molecule has 6 atom stereocenters. The van der Waals surface area contributed by atoms with Crippen LogP contribution in [0.4, 0.5) is 0 Å². The Hall–Kier alpha value is -5.90. The van der Waals surface area contributed by atoms with Crippen LogP contribution in [-0.2, 0) is 51.2 Å². The molecule has 2 aliphatic rings. The summed E-state index contributed by atoms with van der Waals surface area (Å²) >= 11 is 2.61. The number of guanidine groups is 1. The average molecular weight is 942 g/mol. The number of thioether (sulfide) groups is 1. The highest BCUT2D eigenvalue weighted by atomic mass is 32.2. The van der Waals surface area contributed by atoms with Crippen LogP contribution >= 0.6 is 23.1 Å². The van der Waals surface area contributed by atoms with Gasteiger partial charge in [0, 0.05) is 56.5 Å². The van der Waals surface area contributed by atoms with Crippen molar-refractivity contribution < 1.29 is 43.5 Å². The molecule has 1 aromatic heterocycles. The van der Waals surface area contributed by atoms with Gasteiger partial charge in [-0.2, -0.15) is 11.8 Å². The number of hydrogen-bond acceptors (Lipinski definition) is 12. The van der Waals surface area contributed by atoms with E-state index in [0.717, 1.165) is 9.89 Å². The zero-order valence-corrected chi connectivity index (χ0v) is 38.9. The summed E-state index contributed by atoms with van der Waals surface area (Å²) in [7, 11) is 0. The summed E-state index contributed by atoms with van der Waals surface area (Å²) < 4.78 is 0. The van der Waals surface area contributed by atoms with E-state index < -0.39 is 83.5 Å². The van der Waals surface area contributed by atoms with Crippen LogP contribution in [0.25, 0.3) is 0 Å². The quantitative estimate of drug-likeness (QED) is 0.0717. The van der Waals surface area contributed by atoms with Crippen LogP contribution in [0.15, 0.2) is 46.8 Å². The molecule has 11 N–H and O–H groups in total. The highest BCUT2D eigenvalue weighted by Crippen LogP contribution is 2.23. The number of carbonyl (C=O) groups excluding carboxylic acids is 8. The van der Waals surface area contributed by atoms with Crippen LogP contribution in [0.2, 0.25) is 0 Å². The summed E-state index contributed by atoms with van der Waals surface area (Å²) in [5.41, 5.74) is 13.9. The number of aromatic hydroxyl groups is 1. The summed E-state index contributed by atoms with van der Waals surface area (Å²) in [4.78, 5) is 117. The number of hydrogen-bond donors (Lipinski definition) is 9. The van der Waals surface area contributed by atoms with Gasteiger partial charge in [0.15, 0.2) is 5.96 Å². The lowest BCUT2D eigenvalue weighted by Gasteiger charge is -2.36. The zero-order valence-electron chi connectivity index (χ0n) is 37.3. The molecule has 4 rings (SSSR count). The van der Waals surface area contributed by atoms with Crippen molar-refractivity contribution >= 4 is 76.3 Å². The number of likely N-dealkylation sites (tertiary alicyclic amines) is 1. The minimum Gasteiger partial charge on any atom is -0.508 e. The zero-order chi connectivity index (χ0) is 47.6. The minimum absolute atomic E-state index is 0.0180. The van der Waals surface area contributed by atoms with Crippen molar-refractivity contribution in [1.82, 2.24) is 41.9 Å². The van der Waals surface area contributed by atoms with Gasteiger partial charge in [-0.05, 0) is 79.8 Å². The highest BCUT2D eigenvalue weighted by molar-refractivity contribution is 7.99. The van der Waals surface area contributed by atoms with Crippen molar-refractivity contribution in [2.75, 3.05) is 31.1 Å². The normalized spacial score (nSPS) is 23.1. The van der Waals surface area contributed by atoms with Crippen molar-refractivity contribution in [3.8, 4) is 5.75 Å². The molecule has 65 heavy (non-hydrogen) atoms. The van der Waals surface area contributed by atoms with E-state index >= 15 is 0 Å². The Labute approximate surface area is 387 Å². The lowest BCUT2D eigenvalue weighted by Crippen LogP contribution is -2.64. The first-order valence-electron chi connectivity index (χ1n) is 21.8. The van der Waals surface area contributed by atoms with Crippen LogP contribution in [-0.4, -0.2) is 136 Å². The fourth-order valence-corrected chi connectivity index (χ4v) is 9.11. The van der Waals surface area contributed by atoms with Gasteiger partial charge in [0.05, 0.1) is 0 Å². The number of unbranched alkanes of at least 4 members (excludes halogenated alkanes) is 1. The van der Waals surface area contributed by atoms with E-state index in [2.05, 4.69) is 37.0 Å². The predicted molar refractivity (Wildman–Crippen MR) is 247 cm³/mol. The van der Waals surface area contributed by atoms with Crippen molar-refractivity contribution in [2.45, 2.75) is 115 Å². The maximum atomic E-state index is 14.6. The van der Waals surface area contributed by atoms with Crippen LogP contribution in [0.5, 0.6) is 5.75 Å². The Kier molecular flexibility index (Phi) is 20.3. The molecule has 8 amide bonds. The lowest BCUT2D eigenvalue weighted by atomic mass is 10.0. The van der Waals surface area contributed by atoms with E-state index in [1.807, 2.05) is 5.38 Å². The van der Waals surface area contributed by atoms with Gasteiger partial charge in [-0.1, -0.05) is 32.0 Å². The largest absolute Gasteiger partial charge is 0.508 e. The second-order valence-corrected chi connectivity index (χ2v) is 18.5. The van der Waals surface area contributed by atoms with Crippen molar-refractivity contribution in [3.05, 3.63) is 52.2 Å². The van der Waals surface area contributed by atoms with Gasteiger partial charge in [0.1, 0.15) is 42.0 Å². The molecular formula is C43H63N11O9S2. The Bertz CT molecular complexity index is 2000. The predicted octanol–water partition coefficient (Wildman–Crippen LogP) is -0.210. The minimum atomic E-state index is -1.35. The van der Waals surface area contributed by atoms with Gasteiger partial charge in [0.2, 0.25) is 41.4 Å². The topological polar surface area (TPSA) is 300 Å². The molecule has 3 heterocycles.